The van der Waals surface area contributed by atoms with Crippen molar-refractivity contribution in [3.8, 4) is 11.5 Å². The summed E-state index contributed by atoms with van der Waals surface area (Å²) in [5.41, 5.74) is 4.39. The Balaban J connectivity index is 0.00000208. The minimum atomic E-state index is -0.107. The molecule has 0 aliphatic carbocycles. The van der Waals surface area contributed by atoms with Crippen LogP contribution >= 0.6 is 0 Å². The van der Waals surface area contributed by atoms with E-state index in [9.17, 15) is 10.2 Å². The zero-order valence-corrected chi connectivity index (χ0v) is 15.9. The molecule has 124 valence electrons. The van der Waals surface area contributed by atoms with Gasteiger partial charge in [-0.05, 0) is 49.8 Å². The number of nitrogens with zero attached hydrogens (tertiary/aromatic N) is 1. The number of phenolic OH excluding ortho intramolecular Hbond substituents is 2. The van der Waals surface area contributed by atoms with E-state index < -0.39 is 0 Å². The van der Waals surface area contributed by atoms with Gasteiger partial charge in [0.05, 0.1) is 0 Å². The summed E-state index contributed by atoms with van der Waals surface area (Å²) in [7, 11) is 0. The minimum absolute atomic E-state index is 0. The first-order valence-corrected chi connectivity index (χ1v) is 7.72. The van der Waals surface area contributed by atoms with Crippen molar-refractivity contribution >= 4 is 23.1 Å². The summed E-state index contributed by atoms with van der Waals surface area (Å²) >= 11 is 0. The summed E-state index contributed by atoms with van der Waals surface area (Å²) in [5.74, 6) is -0.212. The number of hydrogen-bond donors (Lipinski definition) is 2. The lowest BCUT2D eigenvalue weighted by molar-refractivity contribution is -0.669. The number of aryl methyl sites for hydroxylation is 2. The van der Waals surface area contributed by atoms with E-state index in [1.165, 1.54) is 22.5 Å². The summed E-state index contributed by atoms with van der Waals surface area (Å²) in [6.07, 6.45) is 3.95. The highest BCUT2D eigenvalue weighted by Gasteiger charge is 2.11. The lowest BCUT2D eigenvalue weighted by Gasteiger charge is -2.04. The van der Waals surface area contributed by atoms with E-state index in [1.807, 2.05) is 12.2 Å². The minimum Gasteiger partial charge on any atom is -1.00 e. The van der Waals surface area contributed by atoms with Gasteiger partial charge in [0.2, 0.25) is 11.2 Å². The number of halogens is 1. The Morgan fingerprint density at radius 2 is 1.71 bits per heavy atom. The molecule has 0 fully saturated rings. The van der Waals surface area contributed by atoms with Gasteiger partial charge < -0.3 is 34.2 Å². The fourth-order valence-electron chi connectivity index (χ4n) is 2.78. The van der Waals surface area contributed by atoms with Crippen LogP contribution in [0.25, 0.3) is 23.1 Å². The van der Waals surface area contributed by atoms with Gasteiger partial charge in [-0.25, -0.2) is 0 Å². The highest BCUT2D eigenvalue weighted by atomic mass is 127. The van der Waals surface area contributed by atoms with E-state index in [2.05, 4.69) is 48.7 Å². The van der Waals surface area contributed by atoms with Crippen molar-refractivity contribution in [1.82, 2.24) is 0 Å². The van der Waals surface area contributed by atoms with Gasteiger partial charge in [0.25, 0.3) is 0 Å². The van der Waals surface area contributed by atoms with E-state index in [0.717, 1.165) is 17.8 Å². The normalized spacial score (nSPS) is 10.9. The Labute approximate surface area is 158 Å². The molecule has 3 rings (SSSR count). The fraction of sp³-hybridized carbons (Fsp3) is 0.150. The second-order valence-electron chi connectivity index (χ2n) is 5.65. The molecule has 1 heterocycles. The molecule has 3 aromatic rings. The quantitative estimate of drug-likeness (QED) is 0.369. The molecule has 0 aliphatic heterocycles. The van der Waals surface area contributed by atoms with Crippen LogP contribution in [0.15, 0.2) is 48.5 Å². The van der Waals surface area contributed by atoms with E-state index in [-0.39, 0.29) is 35.5 Å². The SMILES string of the molecule is CC[n+]1c(/C=C/c2ccc(O)c(O)c2)ccc2cc(C)ccc21.[I-]. The van der Waals surface area contributed by atoms with Crippen LogP contribution in [0.2, 0.25) is 0 Å². The second-order valence-corrected chi connectivity index (χ2v) is 5.65. The molecule has 0 aliphatic rings. The van der Waals surface area contributed by atoms with Crippen molar-refractivity contribution in [1.29, 1.82) is 0 Å². The average Bonchev–Trinajstić information content (AvgIpc) is 2.55. The summed E-state index contributed by atoms with van der Waals surface area (Å²) in [6, 6.07) is 15.5. The average molecular weight is 433 g/mol. The summed E-state index contributed by atoms with van der Waals surface area (Å²) in [6.45, 7) is 5.10. The standard InChI is InChI=1S/C20H19NO2.HI/c1-3-21-17(8-5-15-6-11-19(22)20(23)13-15)9-7-16-12-14(2)4-10-18(16)21;/h4-13,23H,3H2,1-2H3;1H. The number of aromatic nitrogens is 1. The van der Waals surface area contributed by atoms with Gasteiger partial charge in [0, 0.05) is 23.6 Å². The van der Waals surface area contributed by atoms with Crippen LogP contribution in [0.3, 0.4) is 0 Å². The number of phenols is 2. The third kappa shape index (κ3) is 3.70. The largest absolute Gasteiger partial charge is 1.00 e. The van der Waals surface area contributed by atoms with Gasteiger partial charge >= 0.3 is 0 Å². The predicted octanol–water partition coefficient (Wildman–Crippen LogP) is 1.04. The maximum atomic E-state index is 9.58. The Kier molecular flexibility index (Phi) is 5.83. The first-order valence-electron chi connectivity index (χ1n) is 7.72. The molecule has 0 bridgehead atoms. The Hall–Kier alpha value is -2.08. The van der Waals surface area contributed by atoms with Crippen LogP contribution in [0.5, 0.6) is 11.5 Å². The van der Waals surface area contributed by atoms with Crippen molar-refractivity contribution in [3.05, 3.63) is 65.4 Å². The van der Waals surface area contributed by atoms with Gasteiger partial charge in [-0.1, -0.05) is 17.7 Å². The van der Waals surface area contributed by atoms with Crippen LogP contribution in [-0.2, 0) is 6.54 Å². The molecule has 0 spiro atoms. The van der Waals surface area contributed by atoms with E-state index >= 15 is 0 Å². The highest BCUT2D eigenvalue weighted by molar-refractivity contribution is 5.78. The van der Waals surface area contributed by atoms with Crippen molar-refractivity contribution in [3.63, 3.8) is 0 Å². The third-order valence-electron chi connectivity index (χ3n) is 3.98. The number of rotatable bonds is 3. The lowest BCUT2D eigenvalue weighted by Crippen LogP contribution is -3.00. The molecule has 2 N–H and O–H groups in total. The van der Waals surface area contributed by atoms with Gasteiger partial charge in [0.1, 0.15) is 6.54 Å². The molecule has 4 heteroatoms. The summed E-state index contributed by atoms with van der Waals surface area (Å²) < 4.78 is 2.26. The maximum Gasteiger partial charge on any atom is 0.212 e. The van der Waals surface area contributed by atoms with Crippen molar-refractivity contribution in [2.75, 3.05) is 0 Å². The lowest BCUT2D eigenvalue weighted by atomic mass is 10.1. The third-order valence-corrected chi connectivity index (χ3v) is 3.98. The van der Waals surface area contributed by atoms with E-state index in [1.54, 1.807) is 12.1 Å². The van der Waals surface area contributed by atoms with Gasteiger partial charge in [-0.3, -0.25) is 0 Å². The fourth-order valence-corrected chi connectivity index (χ4v) is 2.78. The van der Waals surface area contributed by atoms with Crippen LogP contribution in [-0.4, -0.2) is 10.2 Å². The first-order chi connectivity index (χ1) is 11.1. The Morgan fingerprint density at radius 3 is 2.42 bits per heavy atom. The molecular weight excluding hydrogens is 413 g/mol. The van der Waals surface area contributed by atoms with Crippen LogP contribution in [0, 0.1) is 6.92 Å². The van der Waals surface area contributed by atoms with E-state index in [4.69, 9.17) is 0 Å². The molecule has 24 heavy (non-hydrogen) atoms. The summed E-state index contributed by atoms with van der Waals surface area (Å²) in [5, 5.41) is 20.2. The predicted molar refractivity (Wildman–Crippen MR) is 93.3 cm³/mol. The van der Waals surface area contributed by atoms with Crippen LogP contribution in [0.1, 0.15) is 23.7 Å². The van der Waals surface area contributed by atoms with Gasteiger partial charge in [0.15, 0.2) is 11.5 Å². The molecule has 2 aromatic carbocycles. The zero-order valence-electron chi connectivity index (χ0n) is 13.7. The number of hydrogen-bond acceptors (Lipinski definition) is 2. The monoisotopic (exact) mass is 433 g/mol. The highest BCUT2D eigenvalue weighted by Crippen LogP contribution is 2.25. The smallest absolute Gasteiger partial charge is 0.212 e. The molecule has 0 unspecified atom stereocenters. The number of benzene rings is 2. The molecule has 0 atom stereocenters. The van der Waals surface area contributed by atoms with E-state index in [0.29, 0.717) is 0 Å². The number of pyridine rings is 1. The molecule has 3 nitrogen and oxygen atoms in total. The molecule has 0 amide bonds. The van der Waals surface area contributed by atoms with Crippen molar-refractivity contribution < 1.29 is 38.8 Å². The molecule has 0 saturated carbocycles. The Bertz CT molecular complexity index is 904. The number of fused-ring (bicyclic) bond motifs is 1. The maximum absolute atomic E-state index is 9.58. The van der Waals surface area contributed by atoms with Crippen LogP contribution in [0.4, 0.5) is 0 Å². The molecule has 0 radical (unpaired) electrons. The first kappa shape index (κ1) is 18.3. The van der Waals surface area contributed by atoms with Gasteiger partial charge in [-0.2, -0.15) is 4.57 Å². The molecule has 1 aromatic heterocycles. The topological polar surface area (TPSA) is 44.3 Å². The van der Waals surface area contributed by atoms with Crippen LogP contribution < -0.4 is 28.5 Å². The van der Waals surface area contributed by atoms with Gasteiger partial charge in [-0.15, -0.1) is 0 Å². The molecular formula is C20H20INO2. The second kappa shape index (κ2) is 7.66. The van der Waals surface area contributed by atoms with Crippen molar-refractivity contribution in [2.24, 2.45) is 0 Å². The Morgan fingerprint density at radius 1 is 0.917 bits per heavy atom. The zero-order chi connectivity index (χ0) is 16.4. The summed E-state index contributed by atoms with van der Waals surface area (Å²) in [4.78, 5) is 0. The number of aromatic hydroxyl groups is 2. The van der Waals surface area contributed by atoms with Crippen molar-refractivity contribution in [2.45, 2.75) is 20.4 Å². The molecule has 0 saturated heterocycles.